The van der Waals surface area contributed by atoms with Gasteiger partial charge in [0.15, 0.2) is 0 Å². The zero-order valence-corrected chi connectivity index (χ0v) is 8.47. The summed E-state index contributed by atoms with van der Waals surface area (Å²) in [7, 11) is 0. The topological polar surface area (TPSA) is 46.5 Å². The van der Waals surface area contributed by atoms with Gasteiger partial charge in [-0.15, -0.1) is 0 Å². The molecule has 0 aromatic heterocycles. The van der Waals surface area contributed by atoms with Crippen LogP contribution in [0.25, 0.3) is 0 Å². The van der Waals surface area contributed by atoms with Gasteiger partial charge < -0.3 is 9.84 Å². The highest BCUT2D eigenvalue weighted by atomic mass is 16.7. The largest absolute Gasteiger partial charge is 0.433 e. The molecule has 0 saturated heterocycles. The van der Waals surface area contributed by atoms with Gasteiger partial charge in [0.2, 0.25) is 5.79 Å². The Bertz CT molecular complexity index is 165. The zero-order valence-electron chi connectivity index (χ0n) is 8.47. The summed E-state index contributed by atoms with van der Waals surface area (Å²) in [5.74, 6) is -1.73. The molecule has 0 bridgehead atoms. The van der Waals surface area contributed by atoms with Crippen molar-refractivity contribution in [3.05, 3.63) is 0 Å². The Labute approximate surface area is 73.7 Å². The van der Waals surface area contributed by atoms with Crippen LogP contribution in [-0.4, -0.2) is 16.9 Å². The second-order valence-electron chi connectivity index (χ2n) is 4.07. The molecule has 0 amide bonds. The number of hydrogen-bond acceptors (Lipinski definition) is 3. The van der Waals surface area contributed by atoms with Crippen LogP contribution in [0.4, 0.5) is 0 Å². The predicted molar refractivity (Wildman–Crippen MR) is 46.5 cm³/mol. The van der Waals surface area contributed by atoms with E-state index in [1.165, 1.54) is 13.8 Å². The van der Waals surface area contributed by atoms with E-state index in [2.05, 4.69) is 0 Å². The molecule has 0 aliphatic rings. The van der Waals surface area contributed by atoms with Gasteiger partial charge in [-0.25, -0.2) is 0 Å². The smallest absolute Gasteiger partial charge is 0.313 e. The molecule has 0 radical (unpaired) electrons. The van der Waals surface area contributed by atoms with Crippen LogP contribution in [0, 0.1) is 5.41 Å². The second kappa shape index (κ2) is 3.44. The maximum atomic E-state index is 11.3. The van der Waals surface area contributed by atoms with Crippen LogP contribution >= 0.6 is 0 Å². The average molecular weight is 174 g/mol. The van der Waals surface area contributed by atoms with E-state index in [1.54, 1.807) is 13.8 Å². The molecule has 0 aromatic carbocycles. The molecular weight excluding hydrogens is 156 g/mol. The molecular formula is C9H18O3. The summed E-state index contributed by atoms with van der Waals surface area (Å²) < 4.78 is 4.81. The molecule has 0 rings (SSSR count). The fraction of sp³-hybridized carbons (Fsp3) is 0.889. The van der Waals surface area contributed by atoms with Crippen molar-refractivity contribution in [1.29, 1.82) is 0 Å². The molecule has 3 heteroatoms. The Balaban J connectivity index is 4.23. The number of ether oxygens (including phenoxy) is 1. The van der Waals surface area contributed by atoms with Gasteiger partial charge in [-0.2, -0.15) is 0 Å². The molecule has 3 nitrogen and oxygen atoms in total. The molecule has 0 spiro atoms. The van der Waals surface area contributed by atoms with E-state index in [4.69, 9.17) is 4.74 Å². The van der Waals surface area contributed by atoms with Crippen molar-refractivity contribution < 1.29 is 14.6 Å². The lowest BCUT2D eigenvalue weighted by Gasteiger charge is -2.26. The first-order valence-corrected chi connectivity index (χ1v) is 4.15. The summed E-state index contributed by atoms with van der Waals surface area (Å²) in [4.78, 5) is 11.3. The van der Waals surface area contributed by atoms with Gasteiger partial charge in [0.05, 0.1) is 5.41 Å². The fourth-order valence-corrected chi connectivity index (χ4v) is 0.509. The Morgan fingerprint density at radius 3 is 2.00 bits per heavy atom. The van der Waals surface area contributed by atoms with Crippen molar-refractivity contribution in [3.8, 4) is 0 Å². The van der Waals surface area contributed by atoms with E-state index in [0.29, 0.717) is 6.42 Å². The average Bonchev–Trinajstić information content (AvgIpc) is 1.84. The summed E-state index contributed by atoms with van der Waals surface area (Å²) in [6.07, 6.45) is 0.696. The molecule has 0 unspecified atom stereocenters. The van der Waals surface area contributed by atoms with E-state index in [0.717, 1.165) is 0 Å². The van der Waals surface area contributed by atoms with Crippen LogP contribution in [0.5, 0.6) is 0 Å². The molecule has 0 aliphatic carbocycles. The summed E-state index contributed by atoms with van der Waals surface area (Å²) in [5.41, 5.74) is -0.514. The molecule has 1 N–H and O–H groups in total. The number of hydrogen-bond donors (Lipinski definition) is 1. The van der Waals surface area contributed by atoms with Gasteiger partial charge in [-0.3, -0.25) is 4.79 Å². The predicted octanol–water partition coefficient (Wildman–Crippen LogP) is 1.69. The SMILES string of the molecule is CCC(C)(C)C(=O)OC(C)(C)O. The first-order valence-electron chi connectivity index (χ1n) is 4.15. The number of carbonyl (C=O) groups is 1. The summed E-state index contributed by atoms with van der Waals surface area (Å²) in [5, 5.41) is 9.20. The lowest BCUT2D eigenvalue weighted by atomic mass is 9.90. The minimum absolute atomic E-state index is 0.363. The highest BCUT2D eigenvalue weighted by molar-refractivity contribution is 5.76. The molecule has 12 heavy (non-hydrogen) atoms. The van der Waals surface area contributed by atoms with Crippen molar-refractivity contribution in [2.45, 2.75) is 46.8 Å². The quantitative estimate of drug-likeness (QED) is 0.523. The summed E-state index contributed by atoms with van der Waals surface area (Å²) >= 11 is 0. The van der Waals surface area contributed by atoms with Crippen LogP contribution in [0.2, 0.25) is 0 Å². The Kier molecular flexibility index (Phi) is 3.27. The molecule has 0 atom stereocenters. The van der Waals surface area contributed by atoms with Crippen molar-refractivity contribution in [3.63, 3.8) is 0 Å². The monoisotopic (exact) mass is 174 g/mol. The lowest BCUT2D eigenvalue weighted by Crippen LogP contribution is -2.35. The van der Waals surface area contributed by atoms with Gasteiger partial charge in [0.25, 0.3) is 0 Å². The van der Waals surface area contributed by atoms with Gasteiger partial charge >= 0.3 is 5.97 Å². The van der Waals surface area contributed by atoms with Crippen molar-refractivity contribution >= 4 is 5.97 Å². The molecule has 0 aliphatic heterocycles. The van der Waals surface area contributed by atoms with E-state index < -0.39 is 11.2 Å². The number of aliphatic hydroxyl groups is 1. The summed E-state index contributed by atoms with van der Waals surface area (Å²) in [6, 6.07) is 0. The third kappa shape index (κ3) is 3.72. The van der Waals surface area contributed by atoms with Gasteiger partial charge in [0.1, 0.15) is 0 Å². The Hall–Kier alpha value is -0.570. The Morgan fingerprint density at radius 1 is 1.33 bits per heavy atom. The maximum absolute atomic E-state index is 11.3. The molecule has 0 fully saturated rings. The third-order valence-electron chi connectivity index (χ3n) is 1.78. The molecule has 72 valence electrons. The van der Waals surface area contributed by atoms with Crippen LogP contribution in [0.3, 0.4) is 0 Å². The lowest BCUT2D eigenvalue weighted by molar-refractivity contribution is -0.204. The highest BCUT2D eigenvalue weighted by Crippen LogP contribution is 2.23. The first kappa shape index (κ1) is 11.4. The normalized spacial score (nSPS) is 12.8. The fourth-order valence-electron chi connectivity index (χ4n) is 0.509. The number of esters is 1. The standard InChI is InChI=1S/C9H18O3/c1-6-8(2,3)7(10)12-9(4,5)11/h11H,6H2,1-5H3. The number of rotatable bonds is 3. The van der Waals surface area contributed by atoms with Gasteiger partial charge in [-0.1, -0.05) is 6.92 Å². The van der Waals surface area contributed by atoms with Crippen molar-refractivity contribution in [1.82, 2.24) is 0 Å². The van der Waals surface area contributed by atoms with Crippen LogP contribution in [0.15, 0.2) is 0 Å². The van der Waals surface area contributed by atoms with E-state index >= 15 is 0 Å². The van der Waals surface area contributed by atoms with Crippen LogP contribution in [-0.2, 0) is 9.53 Å². The van der Waals surface area contributed by atoms with Gasteiger partial charge in [0, 0.05) is 13.8 Å². The Morgan fingerprint density at radius 2 is 1.75 bits per heavy atom. The first-order chi connectivity index (χ1) is 5.19. The van der Waals surface area contributed by atoms with Crippen molar-refractivity contribution in [2.75, 3.05) is 0 Å². The number of carbonyl (C=O) groups excluding carboxylic acids is 1. The minimum Gasteiger partial charge on any atom is -0.433 e. The maximum Gasteiger partial charge on any atom is 0.313 e. The zero-order chi connectivity index (χ0) is 9.99. The van der Waals surface area contributed by atoms with Crippen molar-refractivity contribution in [2.24, 2.45) is 5.41 Å². The van der Waals surface area contributed by atoms with E-state index in [-0.39, 0.29) is 5.97 Å². The van der Waals surface area contributed by atoms with Crippen LogP contribution in [0.1, 0.15) is 41.0 Å². The molecule has 0 aromatic rings. The third-order valence-corrected chi connectivity index (χ3v) is 1.78. The second-order valence-corrected chi connectivity index (χ2v) is 4.07. The van der Waals surface area contributed by atoms with Gasteiger partial charge in [-0.05, 0) is 20.3 Å². The molecule has 0 heterocycles. The minimum atomic E-state index is -1.37. The molecule has 0 saturated carbocycles. The summed E-state index contributed by atoms with van der Waals surface area (Å²) in [6.45, 7) is 8.38. The van der Waals surface area contributed by atoms with E-state index in [1.807, 2.05) is 6.92 Å². The van der Waals surface area contributed by atoms with Crippen LogP contribution < -0.4 is 0 Å². The highest BCUT2D eigenvalue weighted by Gasteiger charge is 2.31. The van der Waals surface area contributed by atoms with E-state index in [9.17, 15) is 9.90 Å².